The van der Waals surface area contributed by atoms with Gasteiger partial charge in [0.05, 0.1) is 0 Å². The van der Waals surface area contributed by atoms with Crippen LogP contribution in [0.3, 0.4) is 0 Å². The van der Waals surface area contributed by atoms with Gasteiger partial charge in [-0.1, -0.05) is 72.5 Å². The molecular formula is C20H16O. The second-order valence-electron chi connectivity index (χ2n) is 5.21. The molecule has 0 aliphatic carbocycles. The predicted octanol–water partition coefficient (Wildman–Crippen LogP) is 4.10. The fourth-order valence-electron chi connectivity index (χ4n) is 2.43. The summed E-state index contributed by atoms with van der Waals surface area (Å²) in [5.74, 6) is 6.04. The third-order valence-corrected chi connectivity index (χ3v) is 3.54. The Morgan fingerprint density at radius 1 is 0.810 bits per heavy atom. The Morgan fingerprint density at radius 2 is 1.48 bits per heavy atom. The van der Waals surface area contributed by atoms with Crippen molar-refractivity contribution in [2.45, 2.75) is 12.5 Å². The zero-order chi connectivity index (χ0) is 14.7. The molecule has 1 heteroatoms. The van der Waals surface area contributed by atoms with Crippen LogP contribution in [-0.2, 0) is 5.60 Å². The van der Waals surface area contributed by atoms with Gasteiger partial charge in [0, 0.05) is 11.1 Å². The first kappa shape index (κ1) is 13.4. The first-order valence-electron chi connectivity index (χ1n) is 6.96. The smallest absolute Gasteiger partial charge is 0.149 e. The lowest BCUT2D eigenvalue weighted by Crippen LogP contribution is -2.18. The number of aliphatic hydroxyl groups is 1. The molecule has 0 amide bonds. The summed E-state index contributed by atoms with van der Waals surface area (Å²) in [6.45, 7) is 1.74. The fourth-order valence-corrected chi connectivity index (χ4v) is 2.43. The van der Waals surface area contributed by atoms with E-state index in [9.17, 15) is 5.11 Å². The molecule has 0 aliphatic rings. The molecule has 3 aromatic rings. The van der Waals surface area contributed by atoms with Crippen molar-refractivity contribution in [2.24, 2.45) is 0 Å². The fraction of sp³-hybridized carbons (Fsp3) is 0.100. The Labute approximate surface area is 124 Å². The van der Waals surface area contributed by atoms with Crippen LogP contribution in [0.15, 0.2) is 72.8 Å². The molecule has 0 radical (unpaired) electrons. The van der Waals surface area contributed by atoms with Crippen molar-refractivity contribution in [3.63, 3.8) is 0 Å². The highest BCUT2D eigenvalue weighted by Crippen LogP contribution is 2.28. The van der Waals surface area contributed by atoms with Crippen molar-refractivity contribution in [2.75, 3.05) is 0 Å². The lowest BCUT2D eigenvalue weighted by atomic mass is 9.91. The van der Waals surface area contributed by atoms with E-state index < -0.39 is 5.60 Å². The van der Waals surface area contributed by atoms with Crippen molar-refractivity contribution >= 4 is 10.8 Å². The summed E-state index contributed by atoms with van der Waals surface area (Å²) in [5.41, 5.74) is 0.554. The molecule has 102 valence electrons. The molecule has 3 rings (SSSR count). The van der Waals surface area contributed by atoms with Gasteiger partial charge >= 0.3 is 0 Å². The molecule has 3 aromatic carbocycles. The van der Waals surface area contributed by atoms with Crippen LogP contribution in [0.1, 0.15) is 18.1 Å². The molecule has 0 aliphatic heterocycles. The van der Waals surface area contributed by atoms with Crippen LogP contribution < -0.4 is 0 Å². The summed E-state index contributed by atoms with van der Waals surface area (Å²) in [6, 6.07) is 23.7. The molecule has 0 spiro atoms. The summed E-state index contributed by atoms with van der Waals surface area (Å²) in [5, 5.41) is 12.9. The summed E-state index contributed by atoms with van der Waals surface area (Å²) in [7, 11) is 0. The Hall–Kier alpha value is -2.56. The van der Waals surface area contributed by atoms with E-state index in [0.717, 1.165) is 21.9 Å². The van der Waals surface area contributed by atoms with Crippen LogP contribution in [0.2, 0.25) is 0 Å². The minimum Gasteiger partial charge on any atom is -0.374 e. The summed E-state index contributed by atoms with van der Waals surface area (Å²) < 4.78 is 0. The van der Waals surface area contributed by atoms with Gasteiger partial charge in [-0.25, -0.2) is 0 Å². The maximum Gasteiger partial charge on any atom is 0.149 e. The SMILES string of the molecule is CC(O)(C#Cc1ccccc1)c1cccc2ccccc12. The van der Waals surface area contributed by atoms with Crippen LogP contribution in [-0.4, -0.2) is 5.11 Å². The summed E-state index contributed by atoms with van der Waals surface area (Å²) in [4.78, 5) is 0. The van der Waals surface area contributed by atoms with Crippen molar-refractivity contribution < 1.29 is 5.11 Å². The average molecular weight is 272 g/mol. The van der Waals surface area contributed by atoms with E-state index >= 15 is 0 Å². The summed E-state index contributed by atoms with van der Waals surface area (Å²) in [6.07, 6.45) is 0. The van der Waals surface area contributed by atoms with E-state index in [1.807, 2.05) is 72.8 Å². The second kappa shape index (κ2) is 5.44. The van der Waals surface area contributed by atoms with E-state index in [0.29, 0.717) is 0 Å². The van der Waals surface area contributed by atoms with Crippen molar-refractivity contribution in [3.05, 3.63) is 83.9 Å². The number of fused-ring (bicyclic) bond motifs is 1. The Kier molecular flexibility index (Phi) is 3.48. The zero-order valence-corrected chi connectivity index (χ0v) is 11.9. The lowest BCUT2D eigenvalue weighted by molar-refractivity contribution is 0.124. The molecule has 0 fully saturated rings. The van der Waals surface area contributed by atoms with E-state index in [4.69, 9.17) is 0 Å². The van der Waals surface area contributed by atoms with Crippen LogP contribution in [0.25, 0.3) is 10.8 Å². The van der Waals surface area contributed by atoms with E-state index in [-0.39, 0.29) is 0 Å². The maximum atomic E-state index is 10.8. The molecule has 0 saturated heterocycles. The minimum absolute atomic E-state index is 0.837. The van der Waals surface area contributed by atoms with Crippen molar-refractivity contribution in [3.8, 4) is 11.8 Å². The third-order valence-electron chi connectivity index (χ3n) is 3.54. The highest BCUT2D eigenvalue weighted by molar-refractivity contribution is 5.86. The quantitative estimate of drug-likeness (QED) is 0.661. The van der Waals surface area contributed by atoms with Crippen LogP contribution >= 0.6 is 0 Å². The molecule has 1 atom stereocenters. The Balaban J connectivity index is 2.07. The number of rotatable bonds is 1. The monoisotopic (exact) mass is 272 g/mol. The number of hydrogen-bond acceptors (Lipinski definition) is 1. The van der Waals surface area contributed by atoms with Crippen LogP contribution in [0, 0.1) is 11.8 Å². The minimum atomic E-state index is -1.18. The Morgan fingerprint density at radius 3 is 2.29 bits per heavy atom. The maximum absolute atomic E-state index is 10.8. The standard InChI is InChI=1S/C20H16O/c1-20(21,15-14-16-8-3-2-4-9-16)19-13-7-11-17-10-5-6-12-18(17)19/h2-13,21H,1H3. The average Bonchev–Trinajstić information content (AvgIpc) is 2.53. The lowest BCUT2D eigenvalue weighted by Gasteiger charge is -2.19. The van der Waals surface area contributed by atoms with Crippen molar-refractivity contribution in [1.29, 1.82) is 0 Å². The van der Waals surface area contributed by atoms with Gasteiger partial charge in [-0.2, -0.15) is 0 Å². The van der Waals surface area contributed by atoms with Gasteiger partial charge in [0.25, 0.3) is 0 Å². The van der Waals surface area contributed by atoms with Gasteiger partial charge in [0.1, 0.15) is 5.60 Å². The predicted molar refractivity (Wildman–Crippen MR) is 86.8 cm³/mol. The number of benzene rings is 3. The van der Waals surface area contributed by atoms with Crippen LogP contribution in [0.5, 0.6) is 0 Å². The van der Waals surface area contributed by atoms with Gasteiger partial charge in [-0.15, -0.1) is 0 Å². The molecule has 0 aromatic heterocycles. The van der Waals surface area contributed by atoms with Crippen LogP contribution in [0.4, 0.5) is 0 Å². The molecule has 1 nitrogen and oxygen atoms in total. The normalized spacial score (nSPS) is 13.2. The Bertz CT molecular complexity index is 815. The second-order valence-corrected chi connectivity index (χ2v) is 5.21. The van der Waals surface area contributed by atoms with Gasteiger partial charge in [-0.05, 0) is 29.8 Å². The largest absolute Gasteiger partial charge is 0.374 e. The van der Waals surface area contributed by atoms with Gasteiger partial charge in [0.15, 0.2) is 0 Å². The van der Waals surface area contributed by atoms with E-state index in [2.05, 4.69) is 11.8 Å². The van der Waals surface area contributed by atoms with E-state index in [1.54, 1.807) is 6.92 Å². The highest BCUT2D eigenvalue weighted by Gasteiger charge is 2.22. The summed E-state index contributed by atoms with van der Waals surface area (Å²) >= 11 is 0. The first-order valence-corrected chi connectivity index (χ1v) is 6.96. The van der Waals surface area contributed by atoms with Gasteiger partial charge < -0.3 is 5.11 Å². The van der Waals surface area contributed by atoms with Gasteiger partial charge in [-0.3, -0.25) is 0 Å². The third kappa shape index (κ3) is 2.81. The van der Waals surface area contributed by atoms with E-state index in [1.165, 1.54) is 0 Å². The molecule has 0 bridgehead atoms. The number of hydrogen-bond donors (Lipinski definition) is 1. The first-order chi connectivity index (χ1) is 10.2. The molecule has 1 unspecified atom stereocenters. The molecule has 0 saturated carbocycles. The zero-order valence-electron chi connectivity index (χ0n) is 11.9. The van der Waals surface area contributed by atoms with Crippen molar-refractivity contribution in [1.82, 2.24) is 0 Å². The highest BCUT2D eigenvalue weighted by atomic mass is 16.3. The van der Waals surface area contributed by atoms with Gasteiger partial charge in [0.2, 0.25) is 0 Å². The molecular weight excluding hydrogens is 256 g/mol. The topological polar surface area (TPSA) is 20.2 Å². The molecule has 21 heavy (non-hydrogen) atoms. The molecule has 1 N–H and O–H groups in total. The molecule has 0 heterocycles.